The second-order valence-electron chi connectivity index (χ2n) is 9.28. The molecule has 2 fully saturated rings. The van der Waals surface area contributed by atoms with Crippen LogP contribution in [0.4, 0.5) is 0 Å². The van der Waals surface area contributed by atoms with Gasteiger partial charge in [0, 0.05) is 31.7 Å². The summed E-state index contributed by atoms with van der Waals surface area (Å²) >= 11 is 0. The van der Waals surface area contributed by atoms with Crippen LogP contribution in [0, 0.1) is 0 Å². The van der Waals surface area contributed by atoms with Gasteiger partial charge in [0.2, 0.25) is 0 Å². The molecular formula is C29H36N2O6. The van der Waals surface area contributed by atoms with E-state index in [1.807, 2.05) is 18.2 Å². The van der Waals surface area contributed by atoms with Crippen molar-refractivity contribution >= 4 is 17.4 Å². The van der Waals surface area contributed by atoms with Crippen LogP contribution in [0.5, 0.6) is 11.5 Å². The van der Waals surface area contributed by atoms with Crippen LogP contribution < -0.4 is 9.47 Å². The predicted octanol–water partition coefficient (Wildman–Crippen LogP) is 4.02. The Balaban J connectivity index is 1.69. The molecule has 198 valence electrons. The highest BCUT2D eigenvalue weighted by molar-refractivity contribution is 6.46. The van der Waals surface area contributed by atoms with Crippen LogP contribution in [0.15, 0.2) is 54.1 Å². The van der Waals surface area contributed by atoms with Crippen molar-refractivity contribution in [1.29, 1.82) is 0 Å². The quantitative estimate of drug-likeness (QED) is 0.212. The minimum absolute atomic E-state index is 0.0804. The highest BCUT2D eigenvalue weighted by Crippen LogP contribution is 2.42. The molecule has 37 heavy (non-hydrogen) atoms. The highest BCUT2D eigenvalue weighted by atomic mass is 16.5. The number of carbonyl (C=O) groups excluding carboxylic acids is 2. The predicted molar refractivity (Wildman–Crippen MR) is 141 cm³/mol. The van der Waals surface area contributed by atoms with Gasteiger partial charge in [-0.1, -0.05) is 56.2 Å². The molecule has 8 heteroatoms. The fourth-order valence-electron chi connectivity index (χ4n) is 4.79. The summed E-state index contributed by atoms with van der Waals surface area (Å²) in [6.07, 6.45) is 3.13. The molecule has 2 saturated heterocycles. The number of carbonyl (C=O) groups is 2. The molecule has 0 spiro atoms. The molecule has 2 aliphatic heterocycles. The third-order valence-corrected chi connectivity index (χ3v) is 6.86. The molecular weight excluding hydrogens is 472 g/mol. The number of rotatable bonds is 11. The normalized spacial score (nSPS) is 19.8. The number of ether oxygens (including phenoxy) is 3. The van der Waals surface area contributed by atoms with E-state index >= 15 is 0 Å². The van der Waals surface area contributed by atoms with Gasteiger partial charge in [0.1, 0.15) is 5.76 Å². The number of methoxy groups -OCH3 is 1. The lowest BCUT2D eigenvalue weighted by Gasteiger charge is -2.31. The van der Waals surface area contributed by atoms with Crippen molar-refractivity contribution in [3.8, 4) is 11.5 Å². The molecule has 0 aliphatic carbocycles. The van der Waals surface area contributed by atoms with E-state index < -0.39 is 17.7 Å². The Labute approximate surface area is 218 Å². The number of Topliss-reactive ketones (excluding diaryl/α,β-unsaturated/α-hetero) is 1. The zero-order valence-corrected chi connectivity index (χ0v) is 21.7. The summed E-state index contributed by atoms with van der Waals surface area (Å²) in [6.45, 7) is 6.51. The van der Waals surface area contributed by atoms with E-state index in [-0.39, 0.29) is 11.3 Å². The van der Waals surface area contributed by atoms with Gasteiger partial charge < -0.3 is 24.2 Å². The Bertz CT molecular complexity index is 1110. The van der Waals surface area contributed by atoms with E-state index in [2.05, 4.69) is 11.8 Å². The first-order valence-electron chi connectivity index (χ1n) is 13.0. The maximum Gasteiger partial charge on any atom is 0.295 e. The second kappa shape index (κ2) is 12.7. The summed E-state index contributed by atoms with van der Waals surface area (Å²) in [4.78, 5) is 30.3. The molecule has 8 nitrogen and oxygen atoms in total. The Morgan fingerprint density at radius 2 is 1.78 bits per heavy atom. The first kappa shape index (κ1) is 26.7. The summed E-state index contributed by atoms with van der Waals surface area (Å²) in [7, 11) is 1.57. The lowest BCUT2D eigenvalue weighted by molar-refractivity contribution is -0.140. The van der Waals surface area contributed by atoms with Gasteiger partial charge in [-0.05, 0) is 24.1 Å². The van der Waals surface area contributed by atoms with Crippen LogP contribution in [0.25, 0.3) is 5.76 Å². The van der Waals surface area contributed by atoms with Crippen LogP contribution in [0.2, 0.25) is 0 Å². The van der Waals surface area contributed by atoms with Crippen LogP contribution in [0.3, 0.4) is 0 Å². The molecule has 0 radical (unpaired) electrons. The number of nitrogens with zero attached hydrogens (tertiary/aromatic N) is 2. The van der Waals surface area contributed by atoms with Crippen molar-refractivity contribution in [2.24, 2.45) is 0 Å². The molecule has 0 bridgehead atoms. The summed E-state index contributed by atoms with van der Waals surface area (Å²) in [5.41, 5.74) is 1.25. The Morgan fingerprint density at radius 1 is 1.03 bits per heavy atom. The van der Waals surface area contributed by atoms with Crippen molar-refractivity contribution in [2.45, 2.75) is 32.2 Å². The van der Waals surface area contributed by atoms with Crippen LogP contribution in [-0.2, 0) is 14.3 Å². The topological polar surface area (TPSA) is 88.5 Å². The van der Waals surface area contributed by atoms with Gasteiger partial charge in [-0.15, -0.1) is 0 Å². The summed E-state index contributed by atoms with van der Waals surface area (Å²) < 4.78 is 17.0. The van der Waals surface area contributed by atoms with Gasteiger partial charge >= 0.3 is 0 Å². The second-order valence-corrected chi connectivity index (χ2v) is 9.28. The van der Waals surface area contributed by atoms with E-state index in [0.717, 1.165) is 32.4 Å². The lowest BCUT2D eigenvalue weighted by atomic mass is 9.95. The fourth-order valence-corrected chi connectivity index (χ4v) is 4.79. The molecule has 1 N–H and O–H groups in total. The summed E-state index contributed by atoms with van der Waals surface area (Å²) in [6, 6.07) is 13.6. The number of hydrogen-bond donors (Lipinski definition) is 1. The first-order valence-corrected chi connectivity index (χ1v) is 13.0. The van der Waals surface area contributed by atoms with E-state index in [1.54, 1.807) is 42.3 Å². The van der Waals surface area contributed by atoms with E-state index in [9.17, 15) is 14.7 Å². The Hall–Kier alpha value is -3.36. The number of ketones is 1. The van der Waals surface area contributed by atoms with Gasteiger partial charge in [-0.25, -0.2) is 0 Å². The van der Waals surface area contributed by atoms with Crippen LogP contribution >= 0.6 is 0 Å². The van der Waals surface area contributed by atoms with Gasteiger partial charge in [0.15, 0.2) is 11.5 Å². The number of unbranched alkanes of at least 4 members (excludes halogenated alkanes) is 2. The molecule has 0 saturated carbocycles. The number of amides is 1. The molecule has 2 aromatic rings. The molecule has 1 amide bonds. The highest BCUT2D eigenvalue weighted by Gasteiger charge is 2.46. The maximum atomic E-state index is 13.3. The zero-order chi connectivity index (χ0) is 26.2. The average Bonchev–Trinajstić information content (AvgIpc) is 3.19. The number of aliphatic hydroxyl groups excluding tert-OH is 1. The monoisotopic (exact) mass is 508 g/mol. The van der Waals surface area contributed by atoms with Gasteiger partial charge in [-0.2, -0.15) is 0 Å². The van der Waals surface area contributed by atoms with Crippen molar-refractivity contribution < 1.29 is 28.9 Å². The van der Waals surface area contributed by atoms with E-state index in [1.165, 1.54) is 0 Å². The van der Waals surface area contributed by atoms with E-state index in [4.69, 9.17) is 14.2 Å². The first-order chi connectivity index (χ1) is 18.0. The third kappa shape index (κ3) is 6.14. The standard InChI is InChI=1S/C29H36N2O6/c1-3-4-8-17-37-23-12-11-22(20-24(23)35-2)26-25(27(32)21-9-6-5-7-10-21)28(33)29(34)31(26)14-13-30-15-18-36-19-16-30/h5-7,9-12,20,26,32H,3-4,8,13-19H2,1-2H3/b27-25+. The van der Waals surface area contributed by atoms with Gasteiger partial charge in [0.05, 0.1) is 38.5 Å². The van der Waals surface area contributed by atoms with Crippen molar-refractivity contribution in [3.63, 3.8) is 0 Å². The van der Waals surface area contributed by atoms with Crippen molar-refractivity contribution in [3.05, 3.63) is 65.2 Å². The average molecular weight is 509 g/mol. The third-order valence-electron chi connectivity index (χ3n) is 6.86. The molecule has 1 atom stereocenters. The lowest BCUT2D eigenvalue weighted by Crippen LogP contribution is -2.42. The van der Waals surface area contributed by atoms with Crippen molar-refractivity contribution in [1.82, 2.24) is 9.80 Å². The summed E-state index contributed by atoms with van der Waals surface area (Å²) in [5.74, 6) is -0.360. The molecule has 4 rings (SSSR count). The smallest absolute Gasteiger partial charge is 0.295 e. The maximum absolute atomic E-state index is 13.3. The molecule has 2 heterocycles. The molecule has 1 unspecified atom stereocenters. The van der Waals surface area contributed by atoms with Gasteiger partial charge in [-0.3, -0.25) is 14.5 Å². The molecule has 0 aromatic heterocycles. The fraction of sp³-hybridized carbons (Fsp3) is 0.448. The number of aliphatic hydroxyl groups is 1. The van der Waals surface area contributed by atoms with E-state index in [0.29, 0.717) is 55.5 Å². The Morgan fingerprint density at radius 3 is 2.49 bits per heavy atom. The number of hydrogen-bond acceptors (Lipinski definition) is 7. The summed E-state index contributed by atoms with van der Waals surface area (Å²) in [5, 5.41) is 11.2. The van der Waals surface area contributed by atoms with Crippen LogP contribution in [0.1, 0.15) is 43.4 Å². The largest absolute Gasteiger partial charge is 0.507 e. The number of benzene rings is 2. The number of likely N-dealkylation sites (tertiary alicyclic amines) is 1. The minimum atomic E-state index is -0.746. The molecule has 2 aromatic carbocycles. The van der Waals surface area contributed by atoms with Crippen molar-refractivity contribution in [2.75, 3.05) is 53.1 Å². The zero-order valence-electron chi connectivity index (χ0n) is 21.7. The number of morpholine rings is 1. The van der Waals surface area contributed by atoms with Gasteiger partial charge in [0.25, 0.3) is 11.7 Å². The SMILES string of the molecule is CCCCCOc1ccc(C2/C(=C(\O)c3ccccc3)C(=O)C(=O)N2CCN2CCOCC2)cc1OC. The Kier molecular flexibility index (Phi) is 9.19. The molecule has 2 aliphatic rings. The van der Waals surface area contributed by atoms with Crippen LogP contribution in [-0.4, -0.2) is 79.7 Å². The minimum Gasteiger partial charge on any atom is -0.507 e.